The third-order valence-electron chi connectivity index (χ3n) is 3.02. The molecule has 1 aliphatic rings. The van der Waals surface area contributed by atoms with E-state index in [1.54, 1.807) is 18.8 Å². The molecule has 0 radical (unpaired) electrons. The predicted molar refractivity (Wildman–Crippen MR) is 83.9 cm³/mol. The quantitative estimate of drug-likeness (QED) is 0.805. The summed E-state index contributed by atoms with van der Waals surface area (Å²) in [6, 6.07) is 3.84. The molecule has 2 N–H and O–H groups in total. The fourth-order valence-corrected chi connectivity index (χ4v) is 3.78. The number of nitrogens with one attached hydrogen (secondary N) is 2. The van der Waals surface area contributed by atoms with E-state index in [9.17, 15) is 4.79 Å². The number of likely N-dealkylation sites (N-methyl/N-ethyl adjacent to an activating group) is 1. The summed E-state index contributed by atoms with van der Waals surface area (Å²) in [5.74, 6) is 1.04. The van der Waals surface area contributed by atoms with E-state index in [-0.39, 0.29) is 11.9 Å². The minimum atomic E-state index is -0.243. The van der Waals surface area contributed by atoms with E-state index < -0.39 is 0 Å². The van der Waals surface area contributed by atoms with Gasteiger partial charge in [-0.25, -0.2) is 0 Å². The van der Waals surface area contributed by atoms with E-state index >= 15 is 0 Å². The first-order chi connectivity index (χ1) is 9.02. The smallest absolute Gasteiger partial charge is 0.246 e. The lowest BCUT2D eigenvalue weighted by atomic mass is 10.1. The van der Waals surface area contributed by atoms with Gasteiger partial charge >= 0.3 is 0 Å². The van der Waals surface area contributed by atoms with Gasteiger partial charge in [0.2, 0.25) is 5.91 Å². The summed E-state index contributed by atoms with van der Waals surface area (Å²) < 4.78 is 1.05. The molecule has 19 heavy (non-hydrogen) atoms. The summed E-state index contributed by atoms with van der Waals surface area (Å²) in [6.07, 6.45) is 0. The molecule has 104 valence electrons. The van der Waals surface area contributed by atoms with Gasteiger partial charge in [-0.15, -0.1) is 11.8 Å². The van der Waals surface area contributed by atoms with Gasteiger partial charge in [0.15, 0.2) is 0 Å². The van der Waals surface area contributed by atoms with Crippen LogP contribution in [0.1, 0.15) is 11.6 Å². The molecule has 0 saturated carbocycles. The maximum Gasteiger partial charge on any atom is 0.246 e. The summed E-state index contributed by atoms with van der Waals surface area (Å²) >= 11 is 5.38. The van der Waals surface area contributed by atoms with Gasteiger partial charge in [-0.2, -0.15) is 0 Å². The number of rotatable bonds is 5. The number of carbonyl (C=O) groups excluding carboxylic acids is 1. The molecule has 0 fully saturated rings. The number of amides is 1. The van der Waals surface area contributed by atoms with Gasteiger partial charge in [-0.05, 0) is 49.2 Å². The Balaban J connectivity index is 2.16. The fourth-order valence-electron chi connectivity index (χ4n) is 2.00. The van der Waals surface area contributed by atoms with Crippen LogP contribution < -0.4 is 10.6 Å². The Hall–Kier alpha value is -0.560. The number of nitrogens with zero attached hydrogens (tertiary/aromatic N) is 1. The Morgan fingerprint density at radius 1 is 1.47 bits per heavy atom. The minimum absolute atomic E-state index is 0.0137. The van der Waals surface area contributed by atoms with E-state index in [1.807, 2.05) is 6.07 Å². The van der Waals surface area contributed by atoms with Crippen LogP contribution in [0.15, 0.2) is 21.5 Å². The summed E-state index contributed by atoms with van der Waals surface area (Å²) in [7, 11) is 5.93. The van der Waals surface area contributed by atoms with Crippen LogP contribution in [0.3, 0.4) is 0 Å². The first-order valence-electron chi connectivity index (χ1n) is 6.12. The fraction of sp³-hybridized carbons (Fsp3) is 0.462. The molecule has 1 heterocycles. The van der Waals surface area contributed by atoms with Crippen LogP contribution in [0.4, 0.5) is 5.69 Å². The maximum atomic E-state index is 11.8. The van der Waals surface area contributed by atoms with Crippen molar-refractivity contribution in [3.8, 4) is 0 Å². The number of carbonyl (C=O) groups is 1. The van der Waals surface area contributed by atoms with Crippen LogP contribution in [0.5, 0.6) is 0 Å². The van der Waals surface area contributed by atoms with E-state index in [0.717, 1.165) is 32.9 Å². The number of thioether (sulfide) groups is 1. The summed E-state index contributed by atoms with van der Waals surface area (Å²) in [6.45, 7) is 1.03. The molecule has 1 aromatic rings. The topological polar surface area (TPSA) is 44.4 Å². The van der Waals surface area contributed by atoms with Crippen LogP contribution in [-0.4, -0.2) is 44.2 Å². The summed E-state index contributed by atoms with van der Waals surface area (Å²) in [5, 5.41) is 5.95. The van der Waals surface area contributed by atoms with Crippen molar-refractivity contribution in [1.29, 1.82) is 0 Å². The van der Waals surface area contributed by atoms with Crippen LogP contribution >= 0.6 is 27.7 Å². The average Bonchev–Trinajstić information content (AvgIpc) is 2.63. The minimum Gasteiger partial charge on any atom is -0.324 e. The molecule has 0 saturated heterocycles. The third kappa shape index (κ3) is 3.31. The van der Waals surface area contributed by atoms with Gasteiger partial charge in [0.25, 0.3) is 0 Å². The number of hydrogen-bond acceptors (Lipinski definition) is 4. The van der Waals surface area contributed by atoms with Crippen molar-refractivity contribution in [3.63, 3.8) is 0 Å². The third-order valence-corrected chi connectivity index (χ3v) is 4.97. The van der Waals surface area contributed by atoms with Crippen molar-refractivity contribution >= 4 is 39.3 Å². The first kappa shape index (κ1) is 14.8. The Morgan fingerprint density at radius 3 is 2.84 bits per heavy atom. The number of hydrogen-bond donors (Lipinski definition) is 2. The molecule has 1 aromatic carbocycles. The largest absolute Gasteiger partial charge is 0.324 e. The molecule has 6 heteroatoms. The van der Waals surface area contributed by atoms with E-state index in [4.69, 9.17) is 0 Å². The van der Waals surface area contributed by atoms with Gasteiger partial charge < -0.3 is 15.5 Å². The zero-order chi connectivity index (χ0) is 14.0. The van der Waals surface area contributed by atoms with Crippen molar-refractivity contribution in [3.05, 3.63) is 22.2 Å². The Bertz CT molecular complexity index is 493. The normalized spacial score (nSPS) is 17.7. The second kappa shape index (κ2) is 6.26. The molecule has 1 amide bonds. The van der Waals surface area contributed by atoms with Gasteiger partial charge in [-0.1, -0.05) is 0 Å². The molecule has 0 bridgehead atoms. The van der Waals surface area contributed by atoms with E-state index in [1.165, 1.54) is 0 Å². The molecule has 0 aromatic heterocycles. The van der Waals surface area contributed by atoms with Crippen molar-refractivity contribution in [1.82, 2.24) is 10.2 Å². The lowest BCUT2D eigenvalue weighted by Crippen LogP contribution is -2.23. The van der Waals surface area contributed by atoms with E-state index in [0.29, 0.717) is 0 Å². The molecule has 1 atom stereocenters. The van der Waals surface area contributed by atoms with Gasteiger partial charge in [0.1, 0.15) is 6.04 Å². The number of benzene rings is 1. The van der Waals surface area contributed by atoms with Crippen molar-refractivity contribution in [2.24, 2.45) is 0 Å². The van der Waals surface area contributed by atoms with Crippen molar-refractivity contribution < 1.29 is 4.79 Å². The first-order valence-corrected chi connectivity index (χ1v) is 7.90. The Labute approximate surface area is 126 Å². The van der Waals surface area contributed by atoms with Crippen LogP contribution in [0.2, 0.25) is 0 Å². The SMILES string of the molecule is CNC1C(=O)Nc2cc(SCCN(C)C)c(Br)cc21. The summed E-state index contributed by atoms with van der Waals surface area (Å²) in [5.41, 5.74) is 1.93. The molecular formula is C13H18BrN3OS. The highest BCUT2D eigenvalue weighted by Crippen LogP contribution is 2.38. The Morgan fingerprint density at radius 2 is 2.21 bits per heavy atom. The molecule has 1 unspecified atom stereocenters. The van der Waals surface area contributed by atoms with Gasteiger partial charge in [0, 0.05) is 32.9 Å². The highest BCUT2D eigenvalue weighted by Gasteiger charge is 2.30. The van der Waals surface area contributed by atoms with E-state index in [2.05, 4.69) is 51.6 Å². The summed E-state index contributed by atoms with van der Waals surface area (Å²) in [4.78, 5) is 15.1. The van der Waals surface area contributed by atoms with Gasteiger partial charge in [0.05, 0.1) is 0 Å². The van der Waals surface area contributed by atoms with Crippen LogP contribution in [-0.2, 0) is 4.79 Å². The lowest BCUT2D eigenvalue weighted by Gasteiger charge is -2.12. The number of halogens is 1. The molecule has 2 rings (SSSR count). The number of fused-ring (bicyclic) bond motifs is 1. The van der Waals surface area contributed by atoms with Crippen molar-refractivity contribution in [2.45, 2.75) is 10.9 Å². The second-order valence-corrected chi connectivity index (χ2v) is 6.72. The maximum absolute atomic E-state index is 11.8. The highest BCUT2D eigenvalue weighted by molar-refractivity contribution is 9.10. The van der Waals surface area contributed by atoms with Gasteiger partial charge in [-0.3, -0.25) is 4.79 Å². The zero-order valence-corrected chi connectivity index (χ0v) is 13.7. The standard InChI is InChI=1S/C13H18BrN3OS/c1-15-12-8-6-9(14)11(19-5-4-17(2)3)7-10(8)16-13(12)18/h6-7,12,15H,4-5H2,1-3H3,(H,16,18). The second-order valence-electron chi connectivity index (χ2n) is 4.73. The molecule has 4 nitrogen and oxygen atoms in total. The highest BCUT2D eigenvalue weighted by atomic mass is 79.9. The van der Waals surface area contributed by atoms with Crippen LogP contribution in [0, 0.1) is 0 Å². The Kier molecular flexibility index (Phi) is 4.89. The predicted octanol–water partition coefficient (Wildman–Crippen LogP) is 2.32. The monoisotopic (exact) mass is 343 g/mol. The molecule has 0 aliphatic carbocycles. The average molecular weight is 344 g/mol. The lowest BCUT2D eigenvalue weighted by molar-refractivity contribution is -0.117. The zero-order valence-electron chi connectivity index (χ0n) is 11.3. The van der Waals surface area contributed by atoms with Crippen LogP contribution in [0.25, 0.3) is 0 Å². The number of anilines is 1. The molecule has 1 aliphatic heterocycles. The van der Waals surface area contributed by atoms with Crippen molar-refractivity contribution in [2.75, 3.05) is 38.8 Å². The molecular weight excluding hydrogens is 326 g/mol. The molecule has 0 spiro atoms.